The van der Waals surface area contributed by atoms with Crippen molar-refractivity contribution in [3.05, 3.63) is 83.7 Å². The van der Waals surface area contributed by atoms with Crippen LogP contribution in [0.15, 0.2) is 66.7 Å². The van der Waals surface area contributed by atoms with Gasteiger partial charge in [-0.25, -0.2) is 9.18 Å². The van der Waals surface area contributed by atoms with E-state index < -0.39 is 17.8 Å². The van der Waals surface area contributed by atoms with Crippen LogP contribution in [-0.2, 0) is 6.18 Å². The zero-order chi connectivity index (χ0) is 25.6. The van der Waals surface area contributed by atoms with Crippen LogP contribution in [0, 0.1) is 11.7 Å². The minimum Gasteiger partial charge on any atom is -0.394 e. The van der Waals surface area contributed by atoms with Gasteiger partial charge in [-0.05, 0) is 60.0 Å². The van der Waals surface area contributed by atoms with Crippen LogP contribution in [0.25, 0.3) is 11.1 Å². The number of benzene rings is 3. The molecule has 0 aliphatic carbocycles. The van der Waals surface area contributed by atoms with Gasteiger partial charge < -0.3 is 20.2 Å². The van der Waals surface area contributed by atoms with Gasteiger partial charge in [0.15, 0.2) is 0 Å². The van der Waals surface area contributed by atoms with Crippen molar-refractivity contribution >= 4 is 17.4 Å². The summed E-state index contributed by atoms with van der Waals surface area (Å²) in [5, 5.41) is 12.9. The van der Waals surface area contributed by atoms with E-state index in [-0.39, 0.29) is 36.1 Å². The first-order chi connectivity index (χ1) is 17.2. The number of likely N-dealkylation sites (tertiary alicyclic amines) is 1. The Hall–Kier alpha value is -3.59. The molecule has 2 heterocycles. The van der Waals surface area contributed by atoms with Crippen LogP contribution >= 0.6 is 0 Å². The Balaban J connectivity index is 1.49. The summed E-state index contributed by atoms with van der Waals surface area (Å²) in [5.74, 6) is -0.420. The number of halogens is 4. The summed E-state index contributed by atoms with van der Waals surface area (Å²) in [6, 6.07) is 15.3. The van der Waals surface area contributed by atoms with Gasteiger partial charge in [-0.2, -0.15) is 13.2 Å². The fourth-order valence-corrected chi connectivity index (χ4v) is 5.48. The van der Waals surface area contributed by atoms with E-state index >= 15 is 0 Å². The summed E-state index contributed by atoms with van der Waals surface area (Å²) in [6.45, 7) is 0.316. The Morgan fingerprint density at radius 3 is 2.47 bits per heavy atom. The highest BCUT2D eigenvalue weighted by atomic mass is 19.4. The average molecular weight is 500 g/mol. The molecule has 3 atom stereocenters. The molecular weight excluding hydrogens is 474 g/mol. The van der Waals surface area contributed by atoms with Crippen LogP contribution in [0.4, 0.5) is 33.7 Å². The predicted octanol–water partition coefficient (Wildman–Crippen LogP) is 5.92. The van der Waals surface area contributed by atoms with Crippen LogP contribution in [0.3, 0.4) is 0 Å². The molecule has 3 aromatic carbocycles. The summed E-state index contributed by atoms with van der Waals surface area (Å²) in [4.78, 5) is 17.0. The summed E-state index contributed by atoms with van der Waals surface area (Å²) in [7, 11) is 1.89. The smallest absolute Gasteiger partial charge is 0.394 e. The number of carbonyl (C=O) groups excluding carboxylic acids is 1. The van der Waals surface area contributed by atoms with Gasteiger partial charge >= 0.3 is 12.2 Å². The molecular formula is C27H25F4N3O2. The summed E-state index contributed by atoms with van der Waals surface area (Å²) in [5.41, 5.74) is 2.26. The number of rotatable bonds is 3. The van der Waals surface area contributed by atoms with Gasteiger partial charge in [0.1, 0.15) is 5.82 Å². The molecule has 2 aliphatic heterocycles. The van der Waals surface area contributed by atoms with E-state index in [2.05, 4.69) is 5.32 Å². The van der Waals surface area contributed by atoms with E-state index in [4.69, 9.17) is 0 Å². The molecule has 2 amide bonds. The van der Waals surface area contributed by atoms with Gasteiger partial charge in [0.05, 0.1) is 24.3 Å². The van der Waals surface area contributed by atoms with E-state index in [9.17, 15) is 27.5 Å². The third kappa shape index (κ3) is 4.17. The maximum absolute atomic E-state index is 14.5. The number of fused-ring (bicyclic) bond motifs is 3. The van der Waals surface area contributed by atoms with Crippen LogP contribution in [0.5, 0.6) is 0 Å². The minimum atomic E-state index is -4.46. The van der Waals surface area contributed by atoms with Crippen molar-refractivity contribution in [1.82, 2.24) is 4.90 Å². The Bertz CT molecular complexity index is 1280. The number of alkyl halides is 3. The quantitative estimate of drug-likeness (QED) is 0.440. The number of anilines is 2. The third-order valence-electron chi connectivity index (χ3n) is 7.26. The highest BCUT2D eigenvalue weighted by Gasteiger charge is 2.47. The zero-order valence-corrected chi connectivity index (χ0v) is 19.5. The van der Waals surface area contributed by atoms with E-state index in [0.29, 0.717) is 24.1 Å². The first-order valence-electron chi connectivity index (χ1n) is 11.7. The lowest BCUT2D eigenvalue weighted by Crippen LogP contribution is -2.48. The standard InChI is InChI=1S/C27H25F4N3O2/c1-33-23-11-6-16(19-4-2-3-5-22(19)28)14-21(23)25-20(24(33)15-35)12-13-34(25)26(36)32-18-9-7-17(8-10-18)27(29,30)31/h2-11,14,20,24-25,35H,12-13,15H2,1H3,(H,32,36)/t20-,24+,25-/m1/s1. The van der Waals surface area contributed by atoms with Crippen LogP contribution in [0.1, 0.15) is 23.6 Å². The van der Waals surface area contributed by atoms with Crippen LogP contribution in [0.2, 0.25) is 0 Å². The van der Waals surface area contributed by atoms with Crippen molar-refractivity contribution < 1.29 is 27.5 Å². The van der Waals surface area contributed by atoms with Crippen molar-refractivity contribution in [2.24, 2.45) is 5.92 Å². The molecule has 0 saturated carbocycles. The molecule has 36 heavy (non-hydrogen) atoms. The molecule has 5 nitrogen and oxygen atoms in total. The zero-order valence-electron chi connectivity index (χ0n) is 19.5. The van der Waals surface area contributed by atoms with Gasteiger partial charge in [-0.3, -0.25) is 0 Å². The second-order valence-corrected chi connectivity index (χ2v) is 9.21. The summed E-state index contributed by atoms with van der Waals surface area (Å²) < 4.78 is 53.2. The minimum absolute atomic E-state index is 0.0678. The van der Waals surface area contributed by atoms with E-state index in [1.807, 2.05) is 30.1 Å². The molecule has 9 heteroatoms. The molecule has 0 unspecified atom stereocenters. The van der Waals surface area contributed by atoms with Gasteiger partial charge in [-0.15, -0.1) is 0 Å². The monoisotopic (exact) mass is 499 g/mol. The lowest BCUT2D eigenvalue weighted by atomic mass is 9.81. The Morgan fingerprint density at radius 1 is 1.08 bits per heavy atom. The van der Waals surface area contributed by atoms with Crippen molar-refractivity contribution in [3.8, 4) is 11.1 Å². The summed E-state index contributed by atoms with van der Waals surface area (Å²) >= 11 is 0. The highest BCUT2D eigenvalue weighted by molar-refractivity contribution is 5.90. The largest absolute Gasteiger partial charge is 0.416 e. The lowest BCUT2D eigenvalue weighted by Gasteiger charge is -2.44. The van der Waals surface area contributed by atoms with Crippen LogP contribution < -0.4 is 10.2 Å². The number of urea groups is 1. The Kier molecular flexibility index (Phi) is 6.12. The molecule has 1 fully saturated rings. The Labute approximate surface area is 206 Å². The number of aliphatic hydroxyl groups is 1. The van der Waals surface area contributed by atoms with Crippen molar-refractivity contribution in [1.29, 1.82) is 0 Å². The summed E-state index contributed by atoms with van der Waals surface area (Å²) in [6.07, 6.45) is -3.82. The molecule has 0 spiro atoms. The number of likely N-dealkylation sites (N-methyl/N-ethyl adjacent to an activating group) is 1. The third-order valence-corrected chi connectivity index (χ3v) is 7.26. The lowest BCUT2D eigenvalue weighted by molar-refractivity contribution is -0.137. The molecule has 0 radical (unpaired) electrons. The maximum Gasteiger partial charge on any atom is 0.416 e. The molecule has 2 N–H and O–H groups in total. The SMILES string of the molecule is CN1c2ccc(-c3ccccc3F)cc2[C@H]2[C@H](CCN2C(=O)Nc2ccc(C(F)(F)F)cc2)[C@@H]1CO. The van der Waals surface area contributed by atoms with E-state index in [1.165, 1.54) is 18.2 Å². The molecule has 2 aliphatic rings. The number of hydrogen-bond acceptors (Lipinski definition) is 3. The maximum atomic E-state index is 14.5. The van der Waals surface area contributed by atoms with Gasteiger partial charge in [0.2, 0.25) is 0 Å². The number of nitrogens with zero attached hydrogens (tertiary/aromatic N) is 2. The van der Waals surface area contributed by atoms with Crippen LogP contribution in [-0.4, -0.2) is 42.3 Å². The van der Waals surface area contributed by atoms with E-state index in [1.54, 1.807) is 23.1 Å². The number of amides is 2. The average Bonchev–Trinajstić information content (AvgIpc) is 3.29. The second kappa shape index (κ2) is 9.13. The molecule has 5 rings (SSSR count). The molecule has 188 valence electrons. The van der Waals surface area contributed by atoms with Crippen molar-refractivity contribution in [3.63, 3.8) is 0 Å². The van der Waals surface area contributed by atoms with Crippen molar-refractivity contribution in [2.45, 2.75) is 24.7 Å². The van der Waals surface area contributed by atoms with E-state index in [0.717, 1.165) is 23.4 Å². The molecule has 0 bridgehead atoms. The predicted molar refractivity (Wildman–Crippen MR) is 129 cm³/mol. The first-order valence-corrected chi connectivity index (χ1v) is 11.7. The highest BCUT2D eigenvalue weighted by Crippen LogP contribution is 2.49. The normalized spacial score (nSPS) is 21.2. The second-order valence-electron chi connectivity index (χ2n) is 9.21. The molecule has 1 saturated heterocycles. The number of nitrogens with one attached hydrogen (secondary N) is 1. The Morgan fingerprint density at radius 2 is 1.81 bits per heavy atom. The number of aliphatic hydroxyl groups excluding tert-OH is 1. The van der Waals surface area contributed by atoms with Crippen molar-refractivity contribution in [2.75, 3.05) is 30.4 Å². The van der Waals surface area contributed by atoms with Gasteiger partial charge in [0, 0.05) is 36.4 Å². The van der Waals surface area contributed by atoms with Gasteiger partial charge in [0.25, 0.3) is 0 Å². The fourth-order valence-electron chi connectivity index (χ4n) is 5.48. The number of hydrogen-bond donors (Lipinski definition) is 2. The fraction of sp³-hybridized carbons (Fsp3) is 0.296. The topological polar surface area (TPSA) is 55.8 Å². The number of carbonyl (C=O) groups is 1. The van der Waals surface area contributed by atoms with Gasteiger partial charge in [-0.1, -0.05) is 24.3 Å². The molecule has 0 aromatic heterocycles. The first kappa shape index (κ1) is 24.1. The molecule has 3 aromatic rings.